The molecule has 4 nitrogen and oxygen atoms in total. The molecule has 0 N–H and O–H groups in total. The summed E-state index contributed by atoms with van der Waals surface area (Å²) in [6.07, 6.45) is 0.145. The molecular weight excluding hydrogens is 347 g/mol. The lowest BCUT2D eigenvalue weighted by Gasteiger charge is -2.23. The van der Waals surface area contributed by atoms with Crippen LogP contribution in [0.15, 0.2) is 48.5 Å². The van der Waals surface area contributed by atoms with E-state index in [1.165, 1.54) is 4.90 Å². The van der Waals surface area contributed by atoms with E-state index in [4.69, 9.17) is 23.2 Å². The monoisotopic (exact) mass is 362 g/mol. The van der Waals surface area contributed by atoms with Crippen LogP contribution in [-0.2, 0) is 16.1 Å². The number of amides is 2. The smallest absolute Gasteiger partial charge is 0.251 e. The number of nitrogens with zero attached hydrogens (tertiary/aromatic N) is 2. The number of hydrogen-bond acceptors (Lipinski definition) is 3. The molecule has 2 aromatic carbocycles. The predicted octanol–water partition coefficient (Wildman–Crippen LogP) is 3.76. The highest BCUT2D eigenvalue weighted by atomic mass is 35.5. The molecule has 2 aromatic rings. The molecule has 1 atom stereocenters. The van der Waals surface area contributed by atoms with Crippen molar-refractivity contribution in [2.45, 2.75) is 19.0 Å². The fraction of sp³-hybridized carbons (Fsp3) is 0.222. The Morgan fingerprint density at radius 1 is 1.08 bits per heavy atom. The second-order valence-electron chi connectivity index (χ2n) is 5.82. The minimum Gasteiger partial charge on any atom is -0.290 e. The number of halogens is 2. The number of anilines is 1. The van der Waals surface area contributed by atoms with Crippen LogP contribution >= 0.6 is 23.2 Å². The van der Waals surface area contributed by atoms with E-state index in [1.807, 2.05) is 42.3 Å². The Labute approximate surface area is 150 Å². The van der Waals surface area contributed by atoms with E-state index in [1.54, 1.807) is 18.2 Å². The Bertz CT molecular complexity index is 760. The second kappa shape index (κ2) is 6.93. The van der Waals surface area contributed by atoms with Crippen molar-refractivity contribution >= 4 is 40.7 Å². The number of benzene rings is 2. The van der Waals surface area contributed by atoms with Gasteiger partial charge in [-0.25, -0.2) is 4.90 Å². The summed E-state index contributed by atoms with van der Waals surface area (Å²) in [7, 11) is 1.84. The summed E-state index contributed by atoms with van der Waals surface area (Å²) in [5, 5.41) is 0.776. The molecule has 0 aliphatic carbocycles. The van der Waals surface area contributed by atoms with E-state index in [-0.39, 0.29) is 18.2 Å². The zero-order chi connectivity index (χ0) is 17.3. The SMILES string of the molecule is CN(Cc1ccccc1)[C@@H]1CC(=O)N(c2cc(Cl)cc(Cl)c2)C1=O. The van der Waals surface area contributed by atoms with Crippen LogP contribution in [0.1, 0.15) is 12.0 Å². The molecule has 0 aromatic heterocycles. The minimum atomic E-state index is -0.490. The fourth-order valence-electron chi connectivity index (χ4n) is 2.88. The molecule has 3 rings (SSSR count). The molecule has 1 aliphatic heterocycles. The molecule has 1 aliphatic rings. The molecule has 1 fully saturated rings. The molecule has 0 radical (unpaired) electrons. The summed E-state index contributed by atoms with van der Waals surface area (Å²) in [5.74, 6) is -0.500. The van der Waals surface area contributed by atoms with Gasteiger partial charge < -0.3 is 0 Å². The fourth-order valence-corrected chi connectivity index (χ4v) is 3.40. The van der Waals surface area contributed by atoms with Crippen molar-refractivity contribution in [2.24, 2.45) is 0 Å². The third-order valence-electron chi connectivity index (χ3n) is 4.04. The van der Waals surface area contributed by atoms with Gasteiger partial charge in [-0.05, 0) is 30.8 Å². The van der Waals surface area contributed by atoms with Crippen LogP contribution in [0.2, 0.25) is 10.0 Å². The van der Waals surface area contributed by atoms with Crippen molar-refractivity contribution in [3.05, 3.63) is 64.1 Å². The maximum absolute atomic E-state index is 12.7. The third-order valence-corrected chi connectivity index (χ3v) is 4.47. The Kier molecular flexibility index (Phi) is 4.90. The molecule has 0 spiro atoms. The van der Waals surface area contributed by atoms with E-state index in [9.17, 15) is 9.59 Å². The summed E-state index contributed by atoms with van der Waals surface area (Å²) >= 11 is 12.0. The Balaban J connectivity index is 1.81. The molecule has 0 saturated carbocycles. The van der Waals surface area contributed by atoms with Crippen molar-refractivity contribution in [1.82, 2.24) is 4.90 Å². The van der Waals surface area contributed by atoms with Gasteiger partial charge in [-0.15, -0.1) is 0 Å². The van der Waals surface area contributed by atoms with Crippen LogP contribution in [0.4, 0.5) is 5.69 Å². The number of hydrogen-bond donors (Lipinski definition) is 0. The third kappa shape index (κ3) is 3.46. The van der Waals surface area contributed by atoms with Crippen molar-refractivity contribution in [3.63, 3.8) is 0 Å². The van der Waals surface area contributed by atoms with Crippen molar-refractivity contribution in [1.29, 1.82) is 0 Å². The average Bonchev–Trinajstić information content (AvgIpc) is 2.82. The zero-order valence-electron chi connectivity index (χ0n) is 13.1. The Morgan fingerprint density at radius 3 is 2.33 bits per heavy atom. The molecule has 1 saturated heterocycles. The molecular formula is C18H16Cl2N2O2. The zero-order valence-corrected chi connectivity index (χ0v) is 14.6. The second-order valence-corrected chi connectivity index (χ2v) is 6.69. The maximum Gasteiger partial charge on any atom is 0.251 e. The lowest BCUT2D eigenvalue weighted by atomic mass is 10.1. The molecule has 6 heteroatoms. The van der Waals surface area contributed by atoms with Crippen LogP contribution in [0, 0.1) is 0 Å². The van der Waals surface area contributed by atoms with E-state index >= 15 is 0 Å². The highest BCUT2D eigenvalue weighted by molar-refractivity contribution is 6.35. The first-order valence-corrected chi connectivity index (χ1v) is 8.28. The van der Waals surface area contributed by atoms with Crippen LogP contribution < -0.4 is 4.90 Å². The summed E-state index contributed by atoms with van der Waals surface area (Å²) in [5.41, 5.74) is 1.50. The first-order valence-electron chi connectivity index (χ1n) is 7.53. The summed E-state index contributed by atoms with van der Waals surface area (Å²) in [6.45, 7) is 0.592. The van der Waals surface area contributed by atoms with E-state index in [0.717, 1.165) is 5.56 Å². The molecule has 0 bridgehead atoms. The van der Waals surface area contributed by atoms with Gasteiger partial charge in [0.05, 0.1) is 18.2 Å². The van der Waals surface area contributed by atoms with Crippen LogP contribution in [0.25, 0.3) is 0 Å². The summed E-state index contributed by atoms with van der Waals surface area (Å²) in [6, 6.07) is 14.0. The van der Waals surface area contributed by atoms with Gasteiger partial charge >= 0.3 is 0 Å². The maximum atomic E-state index is 12.7. The highest BCUT2D eigenvalue weighted by Crippen LogP contribution is 2.30. The first-order chi connectivity index (χ1) is 11.5. The lowest BCUT2D eigenvalue weighted by molar-refractivity contribution is -0.122. The molecule has 2 amide bonds. The van der Waals surface area contributed by atoms with Crippen LogP contribution in [-0.4, -0.2) is 29.8 Å². The van der Waals surface area contributed by atoms with Gasteiger partial charge in [-0.1, -0.05) is 53.5 Å². The summed E-state index contributed by atoms with van der Waals surface area (Å²) < 4.78 is 0. The lowest BCUT2D eigenvalue weighted by Crippen LogP contribution is -2.39. The highest BCUT2D eigenvalue weighted by Gasteiger charge is 2.41. The average molecular weight is 363 g/mol. The normalized spacial score (nSPS) is 17.8. The topological polar surface area (TPSA) is 40.6 Å². The predicted molar refractivity (Wildman–Crippen MR) is 95.3 cm³/mol. The number of carbonyl (C=O) groups is 2. The molecule has 0 unspecified atom stereocenters. The largest absolute Gasteiger partial charge is 0.290 e. The van der Waals surface area contributed by atoms with Gasteiger partial charge in [-0.3, -0.25) is 14.5 Å². The van der Waals surface area contributed by atoms with E-state index < -0.39 is 6.04 Å². The number of imide groups is 1. The standard InChI is InChI=1S/C18H16Cl2N2O2/c1-21(11-12-5-3-2-4-6-12)16-10-17(23)22(18(16)24)15-8-13(19)7-14(20)9-15/h2-9,16H,10-11H2,1H3/t16-/m1/s1. The van der Waals surface area contributed by atoms with Gasteiger partial charge in [0.25, 0.3) is 5.91 Å². The molecule has 1 heterocycles. The van der Waals surface area contributed by atoms with Crippen molar-refractivity contribution < 1.29 is 9.59 Å². The van der Waals surface area contributed by atoms with Gasteiger partial charge in [0.1, 0.15) is 0 Å². The summed E-state index contributed by atoms with van der Waals surface area (Å²) in [4.78, 5) is 28.2. The van der Waals surface area contributed by atoms with Crippen LogP contribution in [0.5, 0.6) is 0 Å². The molecule has 24 heavy (non-hydrogen) atoms. The van der Waals surface area contributed by atoms with Crippen molar-refractivity contribution in [3.8, 4) is 0 Å². The van der Waals surface area contributed by atoms with Crippen LogP contribution in [0.3, 0.4) is 0 Å². The minimum absolute atomic E-state index is 0.145. The molecule has 124 valence electrons. The first kappa shape index (κ1) is 17.0. The number of carbonyl (C=O) groups excluding carboxylic acids is 2. The van der Waals surface area contributed by atoms with Gasteiger partial charge in [0.15, 0.2) is 0 Å². The van der Waals surface area contributed by atoms with Gasteiger partial charge in [0.2, 0.25) is 5.91 Å². The quantitative estimate of drug-likeness (QED) is 0.777. The number of likely N-dealkylation sites (N-methyl/N-ethyl adjacent to an activating group) is 1. The van der Waals surface area contributed by atoms with E-state index in [0.29, 0.717) is 22.3 Å². The van der Waals surface area contributed by atoms with E-state index in [2.05, 4.69) is 0 Å². The van der Waals surface area contributed by atoms with Crippen molar-refractivity contribution in [2.75, 3.05) is 11.9 Å². The van der Waals surface area contributed by atoms with Gasteiger partial charge in [0, 0.05) is 16.6 Å². The van der Waals surface area contributed by atoms with Gasteiger partial charge in [-0.2, -0.15) is 0 Å². The Morgan fingerprint density at radius 2 is 1.71 bits per heavy atom. The number of rotatable bonds is 4. The Hall–Kier alpha value is -1.88.